The number of quaternary nitrogens is 1. The highest BCUT2D eigenvalue weighted by molar-refractivity contribution is 6.21. The summed E-state index contributed by atoms with van der Waals surface area (Å²) in [6.45, 7) is 3.19. The summed E-state index contributed by atoms with van der Waals surface area (Å²) in [7, 11) is 0. The number of halogens is 1. The molecule has 1 N–H and O–H groups in total. The molecule has 7 heteroatoms. The van der Waals surface area contributed by atoms with Gasteiger partial charge in [-0.15, -0.1) is 0 Å². The molecule has 4 rings (SSSR count). The van der Waals surface area contributed by atoms with Crippen LogP contribution in [0.3, 0.4) is 0 Å². The van der Waals surface area contributed by atoms with E-state index in [-0.39, 0.29) is 30.1 Å². The maximum Gasteiger partial charge on any atom is 0.292 e. The van der Waals surface area contributed by atoms with E-state index in [0.717, 1.165) is 56.8 Å². The van der Waals surface area contributed by atoms with Crippen molar-refractivity contribution in [1.29, 1.82) is 0 Å². The fraction of sp³-hybridized carbons (Fsp3) is 0.550. The van der Waals surface area contributed by atoms with Crippen LogP contribution in [0.2, 0.25) is 0 Å². The largest absolute Gasteiger partial charge is 0.342 e. The molecule has 1 aromatic rings. The summed E-state index contributed by atoms with van der Waals surface area (Å²) in [6, 6.07) is 5.04. The second kappa shape index (κ2) is 7.38. The first-order valence-electron chi connectivity index (χ1n) is 9.80. The molecule has 0 aliphatic carbocycles. The van der Waals surface area contributed by atoms with Crippen LogP contribution in [0.1, 0.15) is 32.1 Å². The fourth-order valence-electron chi connectivity index (χ4n) is 4.59. The minimum atomic E-state index is -0.398. The summed E-state index contributed by atoms with van der Waals surface area (Å²) in [5.74, 6) is -0.546. The summed E-state index contributed by atoms with van der Waals surface area (Å²) < 4.78 is 13.1. The van der Waals surface area contributed by atoms with Gasteiger partial charge < -0.3 is 9.80 Å². The van der Waals surface area contributed by atoms with E-state index in [1.165, 1.54) is 29.2 Å². The maximum atomic E-state index is 13.1. The summed E-state index contributed by atoms with van der Waals surface area (Å²) in [6.07, 6.45) is 3.89. The van der Waals surface area contributed by atoms with E-state index in [1.54, 1.807) is 0 Å². The third-order valence-corrected chi connectivity index (χ3v) is 6.12. The van der Waals surface area contributed by atoms with Crippen LogP contribution in [0.4, 0.5) is 10.1 Å². The van der Waals surface area contributed by atoms with Crippen LogP contribution < -0.4 is 9.80 Å². The number of nitrogens with zero attached hydrogens (tertiary/aromatic N) is 2. The second-order valence-electron chi connectivity index (χ2n) is 7.77. The van der Waals surface area contributed by atoms with Gasteiger partial charge in [0.25, 0.3) is 5.91 Å². The minimum absolute atomic E-state index is 0.0484. The van der Waals surface area contributed by atoms with Crippen LogP contribution in [-0.4, -0.2) is 54.8 Å². The first-order chi connectivity index (χ1) is 13.0. The second-order valence-corrected chi connectivity index (χ2v) is 7.77. The quantitative estimate of drug-likeness (QED) is 0.778. The molecule has 3 heterocycles. The Morgan fingerprint density at radius 3 is 2.30 bits per heavy atom. The van der Waals surface area contributed by atoms with Gasteiger partial charge in [0.05, 0.1) is 25.2 Å². The zero-order valence-corrected chi connectivity index (χ0v) is 15.3. The van der Waals surface area contributed by atoms with Gasteiger partial charge in [-0.25, -0.2) is 9.29 Å². The Morgan fingerprint density at radius 1 is 1.04 bits per heavy atom. The molecule has 0 spiro atoms. The Kier molecular flexibility index (Phi) is 4.95. The number of hydrogen-bond acceptors (Lipinski definition) is 3. The summed E-state index contributed by atoms with van der Waals surface area (Å²) >= 11 is 0. The average molecular weight is 374 g/mol. The molecule has 27 heavy (non-hydrogen) atoms. The maximum absolute atomic E-state index is 13.1. The van der Waals surface area contributed by atoms with Gasteiger partial charge in [-0.1, -0.05) is 0 Å². The van der Waals surface area contributed by atoms with Crippen LogP contribution >= 0.6 is 0 Å². The minimum Gasteiger partial charge on any atom is -0.342 e. The van der Waals surface area contributed by atoms with E-state index >= 15 is 0 Å². The first-order valence-corrected chi connectivity index (χ1v) is 9.80. The molecular weight excluding hydrogens is 349 g/mol. The lowest BCUT2D eigenvalue weighted by molar-refractivity contribution is -0.920. The number of piperidine rings is 1. The van der Waals surface area contributed by atoms with Gasteiger partial charge in [-0.3, -0.25) is 14.4 Å². The van der Waals surface area contributed by atoms with Crippen molar-refractivity contribution in [2.75, 3.05) is 31.1 Å². The molecule has 144 valence electrons. The zero-order valence-electron chi connectivity index (χ0n) is 15.3. The lowest BCUT2D eigenvalue weighted by Gasteiger charge is -2.33. The highest BCUT2D eigenvalue weighted by Gasteiger charge is 2.47. The van der Waals surface area contributed by atoms with Crippen molar-refractivity contribution in [3.8, 4) is 0 Å². The molecule has 0 aromatic heterocycles. The van der Waals surface area contributed by atoms with E-state index in [9.17, 15) is 18.8 Å². The van der Waals surface area contributed by atoms with Crippen molar-refractivity contribution in [3.63, 3.8) is 0 Å². The fourth-order valence-corrected chi connectivity index (χ4v) is 4.59. The number of benzene rings is 1. The van der Waals surface area contributed by atoms with E-state index in [2.05, 4.69) is 0 Å². The molecule has 3 fully saturated rings. The molecule has 3 saturated heterocycles. The van der Waals surface area contributed by atoms with Crippen LogP contribution in [0.15, 0.2) is 24.3 Å². The Labute approximate surface area is 157 Å². The lowest BCUT2D eigenvalue weighted by atomic mass is 9.94. The SMILES string of the molecule is O=C(C1CC[NH+]([C@H]2CC(=O)N(c3ccc(F)cc3)C2=O)CC1)N1CCCC1. The highest BCUT2D eigenvalue weighted by atomic mass is 19.1. The molecule has 6 nitrogen and oxygen atoms in total. The van der Waals surface area contributed by atoms with Crippen LogP contribution in [-0.2, 0) is 14.4 Å². The molecule has 0 bridgehead atoms. The average Bonchev–Trinajstić information content (AvgIpc) is 3.31. The predicted octanol–water partition coefficient (Wildman–Crippen LogP) is 0.375. The van der Waals surface area contributed by atoms with Crippen molar-refractivity contribution in [2.24, 2.45) is 5.92 Å². The van der Waals surface area contributed by atoms with E-state index < -0.39 is 11.9 Å². The third-order valence-electron chi connectivity index (χ3n) is 6.12. The van der Waals surface area contributed by atoms with Crippen LogP contribution in [0.25, 0.3) is 0 Å². The molecule has 3 aliphatic heterocycles. The molecule has 1 atom stereocenters. The molecule has 1 aromatic carbocycles. The zero-order chi connectivity index (χ0) is 19.0. The number of amides is 3. The number of carbonyl (C=O) groups is 3. The first kappa shape index (κ1) is 18.1. The van der Waals surface area contributed by atoms with Crippen molar-refractivity contribution >= 4 is 23.4 Å². The van der Waals surface area contributed by atoms with Gasteiger partial charge in [0, 0.05) is 31.8 Å². The Bertz CT molecular complexity index is 737. The molecule has 3 amide bonds. The standard InChI is InChI=1S/C20H24FN3O3/c21-15-3-5-16(6-4-15)24-18(25)13-17(20(24)27)22-11-7-14(8-12-22)19(26)23-9-1-2-10-23/h3-6,14,17H,1-2,7-13H2/p+1/t17-/m0/s1. The van der Waals surface area contributed by atoms with Crippen molar-refractivity contribution < 1.29 is 23.7 Å². The molecule has 0 radical (unpaired) electrons. The summed E-state index contributed by atoms with van der Waals surface area (Å²) in [4.78, 5) is 42.0. The van der Waals surface area contributed by atoms with E-state index in [4.69, 9.17) is 0 Å². The Balaban J connectivity index is 1.38. The van der Waals surface area contributed by atoms with Gasteiger partial charge in [-0.2, -0.15) is 0 Å². The van der Waals surface area contributed by atoms with Crippen LogP contribution in [0, 0.1) is 11.7 Å². The molecular formula is C20H25FN3O3+. The highest BCUT2D eigenvalue weighted by Crippen LogP contribution is 2.23. The smallest absolute Gasteiger partial charge is 0.292 e. The molecule has 0 saturated carbocycles. The molecule has 0 unspecified atom stereocenters. The third kappa shape index (κ3) is 3.48. The van der Waals surface area contributed by atoms with Gasteiger partial charge in [0.2, 0.25) is 11.8 Å². The van der Waals surface area contributed by atoms with E-state index in [0.29, 0.717) is 5.69 Å². The lowest BCUT2D eigenvalue weighted by Crippen LogP contribution is -3.17. The van der Waals surface area contributed by atoms with Gasteiger partial charge >= 0.3 is 0 Å². The van der Waals surface area contributed by atoms with Crippen LogP contribution in [0.5, 0.6) is 0 Å². The number of anilines is 1. The number of rotatable bonds is 3. The monoisotopic (exact) mass is 374 g/mol. The van der Waals surface area contributed by atoms with Gasteiger partial charge in [0.15, 0.2) is 6.04 Å². The summed E-state index contributed by atoms with van der Waals surface area (Å²) in [5.41, 5.74) is 0.424. The number of imide groups is 1. The Morgan fingerprint density at radius 2 is 1.67 bits per heavy atom. The summed E-state index contributed by atoms with van der Waals surface area (Å²) in [5, 5.41) is 0. The number of hydrogen-bond donors (Lipinski definition) is 1. The predicted molar refractivity (Wildman–Crippen MR) is 96.5 cm³/mol. The van der Waals surface area contributed by atoms with Gasteiger partial charge in [-0.05, 0) is 37.1 Å². The van der Waals surface area contributed by atoms with Crippen molar-refractivity contribution in [3.05, 3.63) is 30.1 Å². The Hall–Kier alpha value is -2.28. The number of likely N-dealkylation sites (tertiary alicyclic amines) is 2. The van der Waals surface area contributed by atoms with E-state index in [1.807, 2.05) is 4.90 Å². The number of nitrogens with one attached hydrogen (secondary N) is 1. The molecule has 3 aliphatic rings. The number of carbonyl (C=O) groups excluding carboxylic acids is 3. The van der Waals surface area contributed by atoms with Crippen molar-refractivity contribution in [2.45, 2.75) is 38.1 Å². The normalized spacial score (nSPS) is 28.9. The topological polar surface area (TPSA) is 62.1 Å². The van der Waals surface area contributed by atoms with Gasteiger partial charge in [0.1, 0.15) is 5.82 Å². The van der Waals surface area contributed by atoms with Crippen molar-refractivity contribution in [1.82, 2.24) is 4.90 Å².